The Balaban J connectivity index is 1.80. The first-order chi connectivity index (χ1) is 10.6. The Morgan fingerprint density at radius 2 is 2.14 bits per heavy atom. The summed E-state index contributed by atoms with van der Waals surface area (Å²) in [5.41, 5.74) is 3.66. The molecule has 0 aliphatic heterocycles. The number of methoxy groups -OCH3 is 1. The van der Waals surface area contributed by atoms with Crippen LogP contribution < -0.4 is 4.74 Å². The number of hydrogen-bond acceptors (Lipinski definition) is 2. The van der Waals surface area contributed by atoms with E-state index in [1.807, 2.05) is 12.1 Å². The van der Waals surface area contributed by atoms with E-state index in [0.717, 1.165) is 43.4 Å². The molecule has 1 aromatic carbocycles. The van der Waals surface area contributed by atoms with Gasteiger partial charge in [-0.25, -0.2) is 0 Å². The maximum absolute atomic E-state index is 11.7. The van der Waals surface area contributed by atoms with Gasteiger partial charge in [-0.1, -0.05) is 36.8 Å². The number of rotatable bonds is 7. The molecule has 2 nitrogen and oxygen atoms in total. The van der Waals surface area contributed by atoms with E-state index in [2.05, 4.69) is 38.1 Å². The lowest BCUT2D eigenvalue weighted by atomic mass is 9.99. The van der Waals surface area contributed by atoms with Crippen LogP contribution in [0.3, 0.4) is 0 Å². The van der Waals surface area contributed by atoms with Crippen LogP contribution in [-0.4, -0.2) is 12.9 Å². The molecule has 0 spiro atoms. The molecule has 0 amide bonds. The summed E-state index contributed by atoms with van der Waals surface area (Å²) in [7, 11) is 1.70. The predicted molar refractivity (Wildman–Crippen MR) is 91.2 cm³/mol. The van der Waals surface area contributed by atoms with E-state index in [0.29, 0.717) is 11.7 Å². The van der Waals surface area contributed by atoms with Crippen LogP contribution in [0.15, 0.2) is 47.6 Å². The molecule has 1 atom stereocenters. The second-order valence-electron chi connectivity index (χ2n) is 6.18. The summed E-state index contributed by atoms with van der Waals surface area (Å²) in [6, 6.07) is 8.23. The molecule has 2 rings (SSSR count). The summed E-state index contributed by atoms with van der Waals surface area (Å²) in [4.78, 5) is 11.7. The normalized spacial score (nSPS) is 16.6. The fraction of sp³-hybridized carbons (Fsp3) is 0.450. The highest BCUT2D eigenvalue weighted by Gasteiger charge is 2.18. The van der Waals surface area contributed by atoms with Crippen molar-refractivity contribution in [2.24, 2.45) is 5.92 Å². The standard InChI is InChI=1S/C20H26O2/c1-15(13-17-8-6-9-18(14-17)22-3)7-4-5-10-19-16(2)11-12-20(19)21/h4,6-9,14-15H,5,10-13H2,1-3H3/b7-4+. The summed E-state index contributed by atoms with van der Waals surface area (Å²) in [6.45, 7) is 4.32. The van der Waals surface area contributed by atoms with E-state index in [1.165, 1.54) is 11.1 Å². The smallest absolute Gasteiger partial charge is 0.159 e. The first-order valence-corrected chi connectivity index (χ1v) is 8.11. The highest BCUT2D eigenvalue weighted by molar-refractivity contribution is 5.98. The van der Waals surface area contributed by atoms with Crippen molar-refractivity contribution in [2.75, 3.05) is 7.11 Å². The summed E-state index contributed by atoms with van der Waals surface area (Å²) in [6.07, 6.45) is 9.02. The molecule has 0 fully saturated rings. The monoisotopic (exact) mass is 298 g/mol. The molecular weight excluding hydrogens is 272 g/mol. The molecule has 0 saturated carbocycles. The van der Waals surface area contributed by atoms with E-state index < -0.39 is 0 Å². The Morgan fingerprint density at radius 3 is 2.82 bits per heavy atom. The summed E-state index contributed by atoms with van der Waals surface area (Å²) < 4.78 is 5.26. The van der Waals surface area contributed by atoms with Crippen LogP contribution in [0.4, 0.5) is 0 Å². The Kier molecular flexibility index (Phi) is 6.00. The third-order valence-corrected chi connectivity index (χ3v) is 4.30. The van der Waals surface area contributed by atoms with Crippen molar-refractivity contribution >= 4 is 5.78 Å². The van der Waals surface area contributed by atoms with Crippen molar-refractivity contribution < 1.29 is 9.53 Å². The topological polar surface area (TPSA) is 26.3 Å². The predicted octanol–water partition coefficient (Wildman–Crippen LogP) is 4.89. The molecule has 0 N–H and O–H groups in total. The van der Waals surface area contributed by atoms with E-state index >= 15 is 0 Å². The molecule has 1 aliphatic carbocycles. The Labute approximate surface area is 133 Å². The number of Topliss-reactive ketones (excluding diaryl/α,β-unsaturated/α-hetero) is 1. The van der Waals surface area contributed by atoms with Crippen LogP contribution >= 0.6 is 0 Å². The van der Waals surface area contributed by atoms with E-state index in [4.69, 9.17) is 4.74 Å². The average molecular weight is 298 g/mol. The molecule has 1 unspecified atom stereocenters. The third kappa shape index (κ3) is 4.59. The maximum Gasteiger partial charge on any atom is 0.159 e. The van der Waals surface area contributed by atoms with Gasteiger partial charge in [-0.05, 0) is 61.8 Å². The number of carbonyl (C=O) groups excluding carboxylic acids is 1. The molecule has 0 heterocycles. The van der Waals surface area contributed by atoms with Gasteiger partial charge in [0, 0.05) is 6.42 Å². The number of benzene rings is 1. The second kappa shape index (κ2) is 7.98. The summed E-state index contributed by atoms with van der Waals surface area (Å²) >= 11 is 0. The molecule has 1 aliphatic rings. The first-order valence-electron chi connectivity index (χ1n) is 8.11. The van der Waals surface area contributed by atoms with Gasteiger partial charge >= 0.3 is 0 Å². The fourth-order valence-electron chi connectivity index (χ4n) is 2.99. The first kappa shape index (κ1) is 16.5. The fourth-order valence-corrected chi connectivity index (χ4v) is 2.99. The molecule has 0 saturated heterocycles. The zero-order valence-electron chi connectivity index (χ0n) is 13.9. The minimum absolute atomic E-state index is 0.357. The van der Waals surface area contributed by atoms with Crippen molar-refractivity contribution in [3.05, 3.63) is 53.1 Å². The molecule has 0 aromatic heterocycles. The molecule has 1 aromatic rings. The third-order valence-electron chi connectivity index (χ3n) is 4.30. The summed E-state index contributed by atoms with van der Waals surface area (Å²) in [5, 5.41) is 0. The molecular formula is C20H26O2. The van der Waals surface area contributed by atoms with Crippen molar-refractivity contribution in [1.82, 2.24) is 0 Å². The molecule has 0 bridgehead atoms. The van der Waals surface area contributed by atoms with Crippen molar-refractivity contribution in [1.29, 1.82) is 0 Å². The van der Waals surface area contributed by atoms with Crippen LogP contribution in [0.5, 0.6) is 5.75 Å². The lowest BCUT2D eigenvalue weighted by Crippen LogP contribution is -1.97. The van der Waals surface area contributed by atoms with E-state index in [1.54, 1.807) is 7.11 Å². The van der Waals surface area contributed by atoms with Gasteiger partial charge in [0.1, 0.15) is 5.75 Å². The zero-order chi connectivity index (χ0) is 15.9. The van der Waals surface area contributed by atoms with Gasteiger partial charge in [0.2, 0.25) is 0 Å². The van der Waals surface area contributed by atoms with Crippen LogP contribution in [0, 0.1) is 5.92 Å². The molecule has 22 heavy (non-hydrogen) atoms. The van der Waals surface area contributed by atoms with Crippen molar-refractivity contribution in [2.45, 2.75) is 46.0 Å². The zero-order valence-corrected chi connectivity index (χ0v) is 13.9. The maximum atomic E-state index is 11.7. The van der Waals surface area contributed by atoms with Crippen molar-refractivity contribution in [3.8, 4) is 5.75 Å². The highest BCUT2D eigenvalue weighted by atomic mass is 16.5. The minimum atomic E-state index is 0.357. The Morgan fingerprint density at radius 1 is 1.32 bits per heavy atom. The number of ether oxygens (including phenoxy) is 1. The number of allylic oxidation sites excluding steroid dienone is 4. The Bertz CT molecular complexity index is 581. The van der Waals surface area contributed by atoms with Crippen LogP contribution in [-0.2, 0) is 11.2 Å². The summed E-state index contributed by atoms with van der Waals surface area (Å²) in [5.74, 6) is 1.76. The molecule has 2 heteroatoms. The second-order valence-corrected chi connectivity index (χ2v) is 6.18. The largest absolute Gasteiger partial charge is 0.497 e. The van der Waals surface area contributed by atoms with Gasteiger partial charge in [-0.15, -0.1) is 0 Å². The minimum Gasteiger partial charge on any atom is -0.497 e. The lowest BCUT2D eigenvalue weighted by Gasteiger charge is -2.08. The van der Waals surface area contributed by atoms with E-state index in [-0.39, 0.29) is 0 Å². The van der Waals surface area contributed by atoms with Gasteiger partial charge in [-0.2, -0.15) is 0 Å². The lowest BCUT2D eigenvalue weighted by molar-refractivity contribution is -0.115. The van der Waals surface area contributed by atoms with E-state index in [9.17, 15) is 4.79 Å². The number of hydrogen-bond donors (Lipinski definition) is 0. The van der Waals surface area contributed by atoms with Gasteiger partial charge in [0.25, 0.3) is 0 Å². The number of carbonyl (C=O) groups is 1. The number of ketones is 1. The van der Waals surface area contributed by atoms with Gasteiger partial charge < -0.3 is 4.74 Å². The average Bonchev–Trinajstić information content (AvgIpc) is 2.83. The quantitative estimate of drug-likeness (QED) is 0.670. The van der Waals surface area contributed by atoms with Gasteiger partial charge in [-0.3, -0.25) is 4.79 Å². The highest BCUT2D eigenvalue weighted by Crippen LogP contribution is 2.26. The van der Waals surface area contributed by atoms with Gasteiger partial charge in [0.05, 0.1) is 7.11 Å². The van der Waals surface area contributed by atoms with Gasteiger partial charge in [0.15, 0.2) is 5.78 Å². The molecule has 0 radical (unpaired) electrons. The van der Waals surface area contributed by atoms with Crippen molar-refractivity contribution in [3.63, 3.8) is 0 Å². The Hall–Kier alpha value is -1.83. The van der Waals surface area contributed by atoms with Crippen LogP contribution in [0.25, 0.3) is 0 Å². The molecule has 118 valence electrons. The van der Waals surface area contributed by atoms with Crippen LogP contribution in [0.2, 0.25) is 0 Å². The van der Waals surface area contributed by atoms with Crippen LogP contribution in [0.1, 0.15) is 45.1 Å². The SMILES string of the molecule is COc1cccc(CC(C)/C=C/CCC2=C(C)CCC2=O)c1.